The van der Waals surface area contributed by atoms with Crippen molar-refractivity contribution in [2.24, 2.45) is 0 Å². The summed E-state index contributed by atoms with van der Waals surface area (Å²) < 4.78 is 17.3. The molecule has 2 heterocycles. The van der Waals surface area contributed by atoms with Crippen LogP contribution in [-0.4, -0.2) is 47.4 Å². The summed E-state index contributed by atoms with van der Waals surface area (Å²) in [6.07, 6.45) is 1.90. The van der Waals surface area contributed by atoms with Gasteiger partial charge in [0.15, 0.2) is 0 Å². The Labute approximate surface area is 197 Å². The molecule has 0 spiro atoms. The van der Waals surface area contributed by atoms with Crippen molar-refractivity contribution in [2.75, 3.05) is 25.6 Å². The molecule has 8 nitrogen and oxygen atoms in total. The van der Waals surface area contributed by atoms with E-state index in [9.17, 15) is 4.79 Å². The van der Waals surface area contributed by atoms with Crippen molar-refractivity contribution < 1.29 is 23.8 Å². The van der Waals surface area contributed by atoms with Crippen molar-refractivity contribution in [1.82, 2.24) is 9.97 Å². The number of carboxylic acids is 1. The molecule has 2 aromatic carbocycles. The van der Waals surface area contributed by atoms with Gasteiger partial charge in [0, 0.05) is 30.7 Å². The van der Waals surface area contributed by atoms with Gasteiger partial charge < -0.3 is 24.3 Å². The first-order valence-electron chi connectivity index (χ1n) is 11.1. The summed E-state index contributed by atoms with van der Waals surface area (Å²) in [7, 11) is 1.64. The van der Waals surface area contributed by atoms with Crippen LogP contribution in [0, 0.1) is 0 Å². The van der Waals surface area contributed by atoms with E-state index in [1.807, 2.05) is 61.5 Å². The number of methoxy groups -OCH3 is 1. The minimum Gasteiger partial charge on any atom is -0.497 e. The average Bonchev–Trinajstić information content (AvgIpc) is 3.26. The lowest BCUT2D eigenvalue weighted by Crippen LogP contribution is -2.21. The molecule has 2 N–H and O–H groups in total. The molecule has 0 aliphatic rings. The molecule has 4 rings (SSSR count). The van der Waals surface area contributed by atoms with Gasteiger partial charge in [0.2, 0.25) is 5.71 Å². The number of carboxylic acid groups (broad SMARTS) is 1. The molecule has 4 aromatic rings. The molecule has 0 saturated carbocycles. The molecule has 8 heteroatoms. The number of nitrogens with zero attached hydrogens (tertiary/aromatic N) is 2. The van der Waals surface area contributed by atoms with Gasteiger partial charge in [-0.1, -0.05) is 42.5 Å². The Morgan fingerprint density at radius 3 is 2.56 bits per heavy atom. The van der Waals surface area contributed by atoms with E-state index in [1.165, 1.54) is 6.33 Å². The molecule has 0 saturated heterocycles. The van der Waals surface area contributed by atoms with E-state index in [0.717, 1.165) is 27.8 Å². The Hall–Kier alpha value is -3.91. The third-order valence-corrected chi connectivity index (χ3v) is 5.40. The number of benzene rings is 2. The highest BCUT2D eigenvalue weighted by Gasteiger charge is 2.22. The van der Waals surface area contributed by atoms with Gasteiger partial charge in [-0.05, 0) is 31.0 Å². The van der Waals surface area contributed by atoms with Crippen molar-refractivity contribution in [2.45, 2.75) is 25.9 Å². The van der Waals surface area contributed by atoms with Crippen LogP contribution in [0.1, 0.15) is 19.8 Å². The second-order valence-electron chi connectivity index (χ2n) is 7.86. The number of rotatable bonds is 11. The fraction of sp³-hybridized carbons (Fsp3) is 0.269. The fourth-order valence-electron chi connectivity index (χ4n) is 3.70. The number of aliphatic carboxylic acids is 1. The summed E-state index contributed by atoms with van der Waals surface area (Å²) in [6, 6.07) is 17.7. The van der Waals surface area contributed by atoms with Crippen LogP contribution in [0.4, 0.5) is 5.82 Å². The van der Waals surface area contributed by atoms with E-state index in [-0.39, 0.29) is 12.5 Å². The zero-order valence-electron chi connectivity index (χ0n) is 19.2. The monoisotopic (exact) mass is 461 g/mol. The van der Waals surface area contributed by atoms with Gasteiger partial charge >= 0.3 is 5.97 Å². The minimum absolute atomic E-state index is 0.0924. The number of hydrogen-bond acceptors (Lipinski definition) is 7. The second kappa shape index (κ2) is 10.8. The van der Waals surface area contributed by atoms with E-state index in [0.29, 0.717) is 36.9 Å². The lowest BCUT2D eigenvalue weighted by molar-refractivity contribution is -0.137. The Morgan fingerprint density at radius 1 is 1.09 bits per heavy atom. The van der Waals surface area contributed by atoms with Crippen molar-refractivity contribution >= 4 is 22.9 Å². The van der Waals surface area contributed by atoms with E-state index < -0.39 is 5.97 Å². The minimum atomic E-state index is -0.821. The summed E-state index contributed by atoms with van der Waals surface area (Å²) in [5.74, 6) is 1.30. The van der Waals surface area contributed by atoms with Gasteiger partial charge in [0.05, 0.1) is 18.6 Å². The van der Waals surface area contributed by atoms with E-state index in [1.54, 1.807) is 7.11 Å². The van der Waals surface area contributed by atoms with Crippen LogP contribution in [0.25, 0.3) is 33.6 Å². The van der Waals surface area contributed by atoms with Crippen LogP contribution in [0.2, 0.25) is 0 Å². The smallest absolute Gasteiger partial charge is 0.303 e. The van der Waals surface area contributed by atoms with Crippen LogP contribution >= 0.6 is 0 Å². The summed E-state index contributed by atoms with van der Waals surface area (Å²) >= 11 is 0. The number of anilines is 1. The Morgan fingerprint density at radius 2 is 1.85 bits per heavy atom. The molecule has 0 fully saturated rings. The standard InChI is InChI=1S/C26H27N3O5/c1-17(33-14-6-9-21(30)31)15-27-25-23-22(18-10-12-20(32-2)13-11-18)24(19-7-4-3-5-8-19)34-26(23)29-16-28-25/h3-5,7-8,10-13,16-17H,6,9,14-15H2,1-2H3,(H,30,31)(H,27,28,29)/t17-/m0/s1. The number of hydrogen-bond donors (Lipinski definition) is 2. The number of fused-ring (bicyclic) bond motifs is 1. The lowest BCUT2D eigenvalue weighted by Gasteiger charge is -2.15. The van der Waals surface area contributed by atoms with Gasteiger partial charge in [-0.2, -0.15) is 0 Å². The third-order valence-electron chi connectivity index (χ3n) is 5.40. The zero-order valence-corrected chi connectivity index (χ0v) is 19.2. The highest BCUT2D eigenvalue weighted by atomic mass is 16.5. The van der Waals surface area contributed by atoms with Crippen molar-refractivity contribution in [3.63, 3.8) is 0 Å². The van der Waals surface area contributed by atoms with Crippen LogP contribution in [0.3, 0.4) is 0 Å². The molecule has 0 amide bonds. The Kier molecular flexibility index (Phi) is 7.39. The number of nitrogens with one attached hydrogen (secondary N) is 1. The van der Waals surface area contributed by atoms with Gasteiger partial charge in [0.25, 0.3) is 0 Å². The molecular formula is C26H27N3O5. The molecule has 2 aromatic heterocycles. The molecule has 1 atom stereocenters. The predicted molar refractivity (Wildman–Crippen MR) is 130 cm³/mol. The Bertz CT molecular complexity index is 1240. The lowest BCUT2D eigenvalue weighted by atomic mass is 9.99. The fourth-order valence-corrected chi connectivity index (χ4v) is 3.70. The van der Waals surface area contributed by atoms with Gasteiger partial charge in [-0.3, -0.25) is 4.79 Å². The first kappa shape index (κ1) is 23.3. The molecule has 34 heavy (non-hydrogen) atoms. The normalized spacial score (nSPS) is 11.9. The van der Waals surface area contributed by atoms with E-state index in [4.69, 9.17) is 19.0 Å². The van der Waals surface area contributed by atoms with Gasteiger partial charge in [0.1, 0.15) is 23.7 Å². The topological polar surface area (TPSA) is 107 Å². The molecule has 0 aliphatic carbocycles. The maximum absolute atomic E-state index is 10.7. The molecular weight excluding hydrogens is 434 g/mol. The summed E-state index contributed by atoms with van der Waals surface area (Å²) in [6.45, 7) is 2.81. The first-order valence-corrected chi connectivity index (χ1v) is 11.1. The molecule has 176 valence electrons. The maximum atomic E-state index is 10.7. The number of ether oxygens (including phenoxy) is 2. The quantitative estimate of drug-likeness (QED) is 0.292. The Balaban J connectivity index is 1.67. The SMILES string of the molecule is COc1ccc(-c2c(-c3ccccc3)oc3ncnc(NC[C@H](C)OCCCC(=O)O)c23)cc1. The molecule has 0 unspecified atom stereocenters. The largest absolute Gasteiger partial charge is 0.497 e. The number of aromatic nitrogens is 2. The zero-order chi connectivity index (χ0) is 23.9. The molecule has 0 radical (unpaired) electrons. The van der Waals surface area contributed by atoms with Crippen LogP contribution < -0.4 is 10.1 Å². The van der Waals surface area contributed by atoms with Crippen LogP contribution in [-0.2, 0) is 9.53 Å². The molecule has 0 bridgehead atoms. The highest BCUT2D eigenvalue weighted by Crippen LogP contribution is 2.42. The summed E-state index contributed by atoms with van der Waals surface area (Å²) in [4.78, 5) is 19.5. The van der Waals surface area contributed by atoms with Crippen molar-refractivity contribution in [3.8, 4) is 28.2 Å². The molecule has 0 aliphatic heterocycles. The van der Waals surface area contributed by atoms with Crippen LogP contribution in [0.5, 0.6) is 5.75 Å². The van der Waals surface area contributed by atoms with Crippen molar-refractivity contribution in [3.05, 3.63) is 60.9 Å². The average molecular weight is 462 g/mol. The van der Waals surface area contributed by atoms with Crippen molar-refractivity contribution in [1.29, 1.82) is 0 Å². The summed E-state index contributed by atoms with van der Waals surface area (Å²) in [5.41, 5.74) is 3.26. The van der Waals surface area contributed by atoms with E-state index >= 15 is 0 Å². The van der Waals surface area contributed by atoms with Gasteiger partial charge in [-0.15, -0.1) is 0 Å². The predicted octanol–water partition coefficient (Wildman–Crippen LogP) is 5.25. The first-order chi connectivity index (χ1) is 16.6. The number of carbonyl (C=O) groups is 1. The van der Waals surface area contributed by atoms with Crippen LogP contribution in [0.15, 0.2) is 65.3 Å². The maximum Gasteiger partial charge on any atom is 0.303 e. The summed E-state index contributed by atoms with van der Waals surface area (Å²) in [5, 5.41) is 12.9. The van der Waals surface area contributed by atoms with Gasteiger partial charge in [-0.25, -0.2) is 9.97 Å². The van der Waals surface area contributed by atoms with E-state index in [2.05, 4.69) is 15.3 Å². The second-order valence-corrected chi connectivity index (χ2v) is 7.86. The third kappa shape index (κ3) is 5.35. The highest BCUT2D eigenvalue weighted by molar-refractivity contribution is 6.05. The number of furan rings is 1.